The van der Waals surface area contributed by atoms with Gasteiger partial charge in [-0.3, -0.25) is 14.4 Å². The minimum atomic E-state index is -0.720. The Morgan fingerprint density at radius 3 is 2.40 bits per heavy atom. The normalized spacial score (nSPS) is 15.5. The van der Waals surface area contributed by atoms with E-state index in [-0.39, 0.29) is 32.4 Å². The van der Waals surface area contributed by atoms with Crippen molar-refractivity contribution in [3.63, 3.8) is 0 Å². The molecule has 3 aromatic carbocycles. The van der Waals surface area contributed by atoms with Gasteiger partial charge in [-0.25, -0.2) is 4.90 Å². The highest BCUT2D eigenvalue weighted by Gasteiger charge is 2.40. The average molecular weight is 527 g/mol. The number of hydrogen-bond donors (Lipinski definition) is 1. The molecule has 0 fully saturated rings. The van der Waals surface area contributed by atoms with Gasteiger partial charge in [0, 0.05) is 24.3 Å². The summed E-state index contributed by atoms with van der Waals surface area (Å²) in [6.45, 7) is 1.15. The molecule has 3 aromatic rings. The summed E-state index contributed by atoms with van der Waals surface area (Å²) in [5.41, 5.74) is 3.32. The maximum absolute atomic E-state index is 13.2. The molecule has 35 heavy (non-hydrogen) atoms. The van der Waals surface area contributed by atoms with Crippen molar-refractivity contribution in [3.8, 4) is 0 Å². The van der Waals surface area contributed by atoms with Gasteiger partial charge in [0.2, 0.25) is 0 Å². The molecule has 3 amide bonds. The third-order valence-corrected chi connectivity index (χ3v) is 7.16. The molecule has 0 spiro atoms. The number of hydrogen-bond acceptors (Lipinski definition) is 4. The second-order valence-electron chi connectivity index (χ2n) is 8.16. The van der Waals surface area contributed by atoms with Crippen LogP contribution < -0.4 is 10.2 Å². The van der Waals surface area contributed by atoms with Crippen LogP contribution in [0.25, 0.3) is 0 Å². The van der Waals surface area contributed by atoms with E-state index in [0.29, 0.717) is 24.3 Å². The number of fused-ring (bicyclic) bond motifs is 1. The molecule has 0 aromatic heterocycles. The van der Waals surface area contributed by atoms with Gasteiger partial charge in [0.15, 0.2) is 0 Å². The van der Waals surface area contributed by atoms with Crippen molar-refractivity contribution >= 4 is 63.9 Å². The van der Waals surface area contributed by atoms with Gasteiger partial charge in [-0.15, -0.1) is 0 Å². The van der Waals surface area contributed by atoms with E-state index >= 15 is 0 Å². The molecular formula is C26H18Cl3N3O3. The summed E-state index contributed by atoms with van der Waals surface area (Å²) in [7, 11) is 0. The fourth-order valence-electron chi connectivity index (χ4n) is 4.22. The van der Waals surface area contributed by atoms with Crippen LogP contribution >= 0.6 is 34.8 Å². The van der Waals surface area contributed by atoms with E-state index in [1.165, 1.54) is 11.6 Å². The van der Waals surface area contributed by atoms with Gasteiger partial charge < -0.3 is 10.2 Å². The minimum absolute atomic E-state index is 0.0669. The monoisotopic (exact) mass is 525 g/mol. The number of rotatable bonds is 4. The molecule has 5 rings (SSSR count). The van der Waals surface area contributed by atoms with Crippen LogP contribution in [0.2, 0.25) is 10.0 Å². The number of benzene rings is 3. The van der Waals surface area contributed by atoms with E-state index in [1.54, 1.807) is 41.3 Å². The van der Waals surface area contributed by atoms with E-state index in [0.717, 1.165) is 16.9 Å². The lowest BCUT2D eigenvalue weighted by atomic mass is 9.99. The van der Waals surface area contributed by atoms with Crippen LogP contribution in [-0.4, -0.2) is 29.2 Å². The van der Waals surface area contributed by atoms with Gasteiger partial charge in [-0.2, -0.15) is 0 Å². The van der Waals surface area contributed by atoms with Crippen molar-refractivity contribution in [3.05, 3.63) is 104 Å². The first-order chi connectivity index (χ1) is 16.8. The first kappa shape index (κ1) is 23.4. The van der Waals surface area contributed by atoms with Crippen LogP contribution in [0.15, 0.2) is 77.5 Å². The molecular weight excluding hydrogens is 509 g/mol. The molecule has 0 bridgehead atoms. The molecule has 0 radical (unpaired) electrons. The molecule has 2 aliphatic heterocycles. The number of carbonyl (C=O) groups excluding carboxylic acids is 3. The molecule has 6 nitrogen and oxygen atoms in total. The summed E-state index contributed by atoms with van der Waals surface area (Å²) in [4.78, 5) is 41.7. The Morgan fingerprint density at radius 1 is 0.857 bits per heavy atom. The van der Waals surface area contributed by atoms with E-state index in [1.807, 2.05) is 18.2 Å². The highest BCUT2D eigenvalue weighted by atomic mass is 35.5. The molecule has 1 N–H and O–H groups in total. The summed E-state index contributed by atoms with van der Waals surface area (Å²) < 4.78 is 0. The van der Waals surface area contributed by atoms with Crippen LogP contribution in [0.4, 0.5) is 11.4 Å². The number of nitrogens with zero attached hydrogens (tertiary/aromatic N) is 2. The number of halogens is 3. The Hall–Kier alpha value is -3.32. The van der Waals surface area contributed by atoms with Crippen molar-refractivity contribution in [1.82, 2.24) is 4.90 Å². The van der Waals surface area contributed by atoms with Crippen LogP contribution in [0.5, 0.6) is 0 Å². The molecule has 0 saturated carbocycles. The Morgan fingerprint density at radius 2 is 1.60 bits per heavy atom. The van der Waals surface area contributed by atoms with E-state index in [4.69, 9.17) is 34.8 Å². The van der Waals surface area contributed by atoms with Crippen molar-refractivity contribution in [2.75, 3.05) is 16.8 Å². The first-order valence-electron chi connectivity index (χ1n) is 10.8. The Labute approximate surface area is 216 Å². The van der Waals surface area contributed by atoms with Crippen molar-refractivity contribution in [2.24, 2.45) is 0 Å². The maximum Gasteiger partial charge on any atom is 0.283 e. The quantitative estimate of drug-likeness (QED) is 0.448. The lowest BCUT2D eigenvalue weighted by molar-refractivity contribution is -0.120. The highest BCUT2D eigenvalue weighted by Crippen LogP contribution is 2.37. The standard InChI is InChI=1S/C26H18Cl3N3O3/c27-19-9-4-10-20(21(19)28)32-25(34)22(29)23(26(32)35)30-18-8-3-7-16(13-18)24(33)31-12-11-15-5-1-2-6-17(15)14-31/h1-10,13,30H,11-12,14H2. The maximum atomic E-state index is 13.2. The minimum Gasteiger partial charge on any atom is -0.350 e. The first-order valence-corrected chi connectivity index (χ1v) is 11.9. The largest absolute Gasteiger partial charge is 0.350 e. The molecule has 9 heteroatoms. The lowest BCUT2D eigenvalue weighted by Gasteiger charge is -2.29. The highest BCUT2D eigenvalue weighted by molar-refractivity contribution is 6.54. The van der Waals surface area contributed by atoms with Gasteiger partial charge in [0.05, 0.1) is 15.7 Å². The summed E-state index contributed by atoms with van der Waals surface area (Å²) in [5, 5.41) is 2.89. The fraction of sp³-hybridized carbons (Fsp3) is 0.115. The van der Waals surface area contributed by atoms with Crippen molar-refractivity contribution in [2.45, 2.75) is 13.0 Å². The van der Waals surface area contributed by atoms with E-state index in [9.17, 15) is 14.4 Å². The molecule has 176 valence electrons. The van der Waals surface area contributed by atoms with Crippen molar-refractivity contribution < 1.29 is 14.4 Å². The molecule has 2 heterocycles. The summed E-state index contributed by atoms with van der Waals surface area (Å²) in [6.07, 6.45) is 0.793. The Kier molecular flexibility index (Phi) is 6.28. The van der Waals surface area contributed by atoms with Crippen LogP contribution in [0, 0.1) is 0 Å². The Bertz CT molecular complexity index is 1420. The topological polar surface area (TPSA) is 69.7 Å². The number of imide groups is 1. The van der Waals surface area contributed by atoms with E-state index < -0.39 is 11.8 Å². The molecule has 0 aliphatic carbocycles. The molecule has 0 atom stereocenters. The number of nitrogens with one attached hydrogen (secondary N) is 1. The third kappa shape index (κ3) is 4.29. The smallest absolute Gasteiger partial charge is 0.283 e. The number of amides is 3. The molecule has 0 unspecified atom stereocenters. The third-order valence-electron chi connectivity index (χ3n) is 6.00. The fourth-order valence-corrected chi connectivity index (χ4v) is 4.81. The second-order valence-corrected chi connectivity index (χ2v) is 9.32. The Balaban J connectivity index is 1.37. The predicted octanol–water partition coefficient (Wildman–Crippen LogP) is 5.63. The SMILES string of the molecule is O=C(c1cccc(NC2=C(Cl)C(=O)N(c3cccc(Cl)c3Cl)C2=O)c1)N1CCc2ccccc2C1. The molecule has 0 saturated heterocycles. The summed E-state index contributed by atoms with van der Waals surface area (Å²) in [6, 6.07) is 19.5. The zero-order valence-corrected chi connectivity index (χ0v) is 20.5. The number of anilines is 2. The van der Waals surface area contributed by atoms with E-state index in [2.05, 4.69) is 11.4 Å². The van der Waals surface area contributed by atoms with Crippen molar-refractivity contribution in [1.29, 1.82) is 0 Å². The van der Waals surface area contributed by atoms with Gasteiger partial charge in [0.25, 0.3) is 17.7 Å². The van der Waals surface area contributed by atoms with Crippen LogP contribution in [-0.2, 0) is 22.6 Å². The zero-order chi connectivity index (χ0) is 24.7. The van der Waals surface area contributed by atoms with Crippen LogP contribution in [0.1, 0.15) is 21.5 Å². The number of carbonyl (C=O) groups is 3. The summed E-state index contributed by atoms with van der Waals surface area (Å²) in [5.74, 6) is -1.51. The second kappa shape index (κ2) is 9.38. The van der Waals surface area contributed by atoms with Crippen LogP contribution in [0.3, 0.4) is 0 Å². The zero-order valence-electron chi connectivity index (χ0n) is 18.2. The lowest BCUT2D eigenvalue weighted by Crippen LogP contribution is -2.36. The average Bonchev–Trinajstić information content (AvgIpc) is 3.08. The molecule has 2 aliphatic rings. The summed E-state index contributed by atoms with van der Waals surface area (Å²) >= 11 is 18.5. The van der Waals surface area contributed by atoms with Gasteiger partial charge in [-0.05, 0) is 47.9 Å². The van der Waals surface area contributed by atoms with Gasteiger partial charge >= 0.3 is 0 Å². The van der Waals surface area contributed by atoms with Gasteiger partial charge in [-0.1, -0.05) is 71.2 Å². The predicted molar refractivity (Wildman–Crippen MR) is 137 cm³/mol. The van der Waals surface area contributed by atoms with Gasteiger partial charge in [0.1, 0.15) is 10.7 Å².